The van der Waals surface area contributed by atoms with E-state index in [1.807, 2.05) is 84.9 Å². The Labute approximate surface area is 188 Å². The number of ether oxygens (including phenoxy) is 2. The Bertz CT molecular complexity index is 1160. The first kappa shape index (κ1) is 19.7. The van der Waals surface area contributed by atoms with Crippen LogP contribution >= 0.6 is 0 Å². The van der Waals surface area contributed by atoms with Gasteiger partial charge in [0.15, 0.2) is 0 Å². The molecule has 2 heteroatoms. The van der Waals surface area contributed by atoms with Crippen molar-refractivity contribution < 1.29 is 9.47 Å². The maximum Gasteiger partial charge on any atom is 0.127 e. The van der Waals surface area contributed by atoms with E-state index in [1.54, 1.807) is 0 Å². The summed E-state index contributed by atoms with van der Waals surface area (Å²) in [6.45, 7) is 0. The Balaban J connectivity index is 1.22. The van der Waals surface area contributed by atoms with E-state index in [1.165, 1.54) is 22.3 Å². The second-order valence-corrected chi connectivity index (χ2v) is 7.46. The van der Waals surface area contributed by atoms with E-state index in [9.17, 15) is 0 Å². The van der Waals surface area contributed by atoms with Crippen molar-refractivity contribution in [3.05, 3.63) is 133 Å². The van der Waals surface area contributed by atoms with E-state index in [0.717, 1.165) is 23.0 Å². The highest BCUT2D eigenvalue weighted by molar-refractivity contribution is 5.65. The second-order valence-electron chi connectivity index (χ2n) is 7.46. The molecule has 0 saturated heterocycles. The number of benzene rings is 5. The Morgan fingerprint density at radius 1 is 0.250 bits per heavy atom. The van der Waals surface area contributed by atoms with Crippen LogP contribution in [0.3, 0.4) is 0 Å². The molecule has 0 aromatic heterocycles. The molecule has 154 valence electrons. The average Bonchev–Trinajstić information content (AvgIpc) is 2.87. The third kappa shape index (κ3) is 4.71. The van der Waals surface area contributed by atoms with Gasteiger partial charge in [-0.3, -0.25) is 0 Å². The van der Waals surface area contributed by atoms with Crippen LogP contribution in [-0.2, 0) is 0 Å². The van der Waals surface area contributed by atoms with Crippen LogP contribution in [0, 0.1) is 0 Å². The zero-order valence-corrected chi connectivity index (χ0v) is 17.5. The van der Waals surface area contributed by atoms with Gasteiger partial charge in [-0.2, -0.15) is 0 Å². The van der Waals surface area contributed by atoms with Crippen molar-refractivity contribution in [1.29, 1.82) is 0 Å². The van der Waals surface area contributed by atoms with Gasteiger partial charge in [-0.1, -0.05) is 84.9 Å². The van der Waals surface area contributed by atoms with Crippen LogP contribution in [0.15, 0.2) is 133 Å². The summed E-state index contributed by atoms with van der Waals surface area (Å²) in [4.78, 5) is 0. The van der Waals surface area contributed by atoms with Crippen LogP contribution in [0.25, 0.3) is 22.3 Å². The first-order chi connectivity index (χ1) is 15.8. The minimum atomic E-state index is 0.768. The third-order valence-electron chi connectivity index (χ3n) is 5.22. The van der Waals surface area contributed by atoms with Crippen molar-refractivity contribution in [3.63, 3.8) is 0 Å². The number of hydrogen-bond donors (Lipinski definition) is 0. The Morgan fingerprint density at radius 2 is 0.500 bits per heavy atom. The van der Waals surface area contributed by atoms with Gasteiger partial charge in [-0.15, -0.1) is 0 Å². The van der Waals surface area contributed by atoms with Crippen molar-refractivity contribution in [3.8, 4) is 45.3 Å². The first-order valence-electron chi connectivity index (χ1n) is 10.6. The molecule has 0 atom stereocenters. The summed E-state index contributed by atoms with van der Waals surface area (Å²) in [5, 5.41) is 0. The standard InChI is InChI=1S/C30H22O2/c1-3-7-23(8-4-1)25-11-15-27(16-12-25)31-29-19-21-30(22-20-29)32-28-17-13-26(14-18-28)24-9-5-2-6-10-24/h1-22H. The van der Waals surface area contributed by atoms with Crippen molar-refractivity contribution in [2.24, 2.45) is 0 Å². The molecule has 0 heterocycles. The fraction of sp³-hybridized carbons (Fsp3) is 0. The van der Waals surface area contributed by atoms with Gasteiger partial charge >= 0.3 is 0 Å². The topological polar surface area (TPSA) is 18.5 Å². The molecule has 0 unspecified atom stereocenters. The van der Waals surface area contributed by atoms with Gasteiger partial charge in [0.2, 0.25) is 0 Å². The summed E-state index contributed by atoms with van der Waals surface area (Å²) < 4.78 is 12.0. The summed E-state index contributed by atoms with van der Waals surface area (Å²) in [5.41, 5.74) is 4.72. The van der Waals surface area contributed by atoms with Crippen molar-refractivity contribution >= 4 is 0 Å². The molecule has 0 spiro atoms. The zero-order valence-electron chi connectivity index (χ0n) is 17.5. The minimum absolute atomic E-state index is 0.768. The normalized spacial score (nSPS) is 10.5. The first-order valence-corrected chi connectivity index (χ1v) is 10.6. The molecular weight excluding hydrogens is 392 g/mol. The highest BCUT2D eigenvalue weighted by atomic mass is 16.5. The van der Waals surface area contributed by atoms with Gasteiger partial charge in [0, 0.05) is 0 Å². The molecule has 0 saturated carbocycles. The van der Waals surface area contributed by atoms with Crippen LogP contribution in [0.5, 0.6) is 23.0 Å². The lowest BCUT2D eigenvalue weighted by Gasteiger charge is -2.10. The third-order valence-corrected chi connectivity index (χ3v) is 5.22. The van der Waals surface area contributed by atoms with Gasteiger partial charge < -0.3 is 9.47 Å². The highest BCUT2D eigenvalue weighted by Crippen LogP contribution is 2.29. The molecule has 5 aromatic carbocycles. The lowest BCUT2D eigenvalue weighted by Crippen LogP contribution is -1.87. The zero-order chi connectivity index (χ0) is 21.6. The Kier molecular flexibility index (Phi) is 5.67. The van der Waals surface area contributed by atoms with E-state index in [0.29, 0.717) is 0 Å². The highest BCUT2D eigenvalue weighted by Gasteiger charge is 2.03. The van der Waals surface area contributed by atoms with Crippen molar-refractivity contribution in [2.45, 2.75) is 0 Å². The quantitative estimate of drug-likeness (QED) is 0.277. The molecule has 2 nitrogen and oxygen atoms in total. The summed E-state index contributed by atoms with van der Waals surface area (Å²) in [6, 6.07) is 44.5. The van der Waals surface area contributed by atoms with E-state index in [2.05, 4.69) is 48.5 Å². The Morgan fingerprint density at radius 3 is 0.812 bits per heavy atom. The molecular formula is C30H22O2. The molecule has 0 amide bonds. The molecule has 5 aromatic rings. The molecule has 0 aliphatic rings. The predicted molar refractivity (Wildman–Crippen MR) is 130 cm³/mol. The maximum absolute atomic E-state index is 5.98. The lowest BCUT2D eigenvalue weighted by atomic mass is 10.1. The fourth-order valence-electron chi connectivity index (χ4n) is 3.54. The van der Waals surface area contributed by atoms with Crippen LogP contribution in [0.4, 0.5) is 0 Å². The fourth-order valence-corrected chi connectivity index (χ4v) is 3.54. The number of rotatable bonds is 6. The summed E-state index contributed by atoms with van der Waals surface area (Å²) >= 11 is 0. The summed E-state index contributed by atoms with van der Waals surface area (Å²) in [6.07, 6.45) is 0. The van der Waals surface area contributed by atoms with Gasteiger partial charge in [0.25, 0.3) is 0 Å². The van der Waals surface area contributed by atoms with Crippen molar-refractivity contribution in [1.82, 2.24) is 0 Å². The molecule has 32 heavy (non-hydrogen) atoms. The van der Waals surface area contributed by atoms with Gasteiger partial charge in [0.1, 0.15) is 23.0 Å². The summed E-state index contributed by atoms with van der Waals surface area (Å²) in [5.74, 6) is 3.14. The molecule has 5 rings (SSSR count). The van der Waals surface area contributed by atoms with Gasteiger partial charge in [0.05, 0.1) is 0 Å². The van der Waals surface area contributed by atoms with Gasteiger partial charge in [-0.25, -0.2) is 0 Å². The van der Waals surface area contributed by atoms with Gasteiger partial charge in [-0.05, 0) is 70.8 Å². The monoisotopic (exact) mass is 414 g/mol. The largest absolute Gasteiger partial charge is 0.457 e. The van der Waals surface area contributed by atoms with E-state index < -0.39 is 0 Å². The second kappa shape index (κ2) is 9.23. The number of hydrogen-bond acceptors (Lipinski definition) is 2. The molecule has 0 N–H and O–H groups in total. The summed E-state index contributed by atoms with van der Waals surface area (Å²) in [7, 11) is 0. The average molecular weight is 415 g/mol. The van der Waals surface area contributed by atoms with E-state index >= 15 is 0 Å². The molecule has 0 bridgehead atoms. The molecule has 0 radical (unpaired) electrons. The molecule has 0 aliphatic heterocycles. The van der Waals surface area contributed by atoms with Crippen LogP contribution in [0.1, 0.15) is 0 Å². The smallest absolute Gasteiger partial charge is 0.127 e. The van der Waals surface area contributed by atoms with Crippen LogP contribution in [-0.4, -0.2) is 0 Å². The van der Waals surface area contributed by atoms with Crippen LogP contribution in [0.2, 0.25) is 0 Å². The Hall–Kier alpha value is -4.30. The van der Waals surface area contributed by atoms with Crippen LogP contribution < -0.4 is 9.47 Å². The van der Waals surface area contributed by atoms with Crippen molar-refractivity contribution in [2.75, 3.05) is 0 Å². The predicted octanol–water partition coefficient (Wildman–Crippen LogP) is 8.61. The van der Waals surface area contributed by atoms with E-state index in [4.69, 9.17) is 9.47 Å². The minimum Gasteiger partial charge on any atom is -0.457 e. The maximum atomic E-state index is 5.98. The molecule has 0 aliphatic carbocycles. The lowest BCUT2D eigenvalue weighted by molar-refractivity contribution is 0.469. The molecule has 0 fully saturated rings. The van der Waals surface area contributed by atoms with E-state index in [-0.39, 0.29) is 0 Å². The SMILES string of the molecule is c1ccc(-c2ccc(Oc3ccc(Oc4ccc(-c5ccccc5)cc4)cc3)cc2)cc1.